The van der Waals surface area contributed by atoms with Crippen molar-refractivity contribution in [3.63, 3.8) is 0 Å². The molecule has 0 spiro atoms. The van der Waals surface area contributed by atoms with Crippen LogP contribution in [0.3, 0.4) is 0 Å². The van der Waals surface area contributed by atoms with Crippen LogP contribution in [-0.2, 0) is 18.3 Å². The molecule has 0 aromatic carbocycles. The summed E-state index contributed by atoms with van der Waals surface area (Å²) in [5, 5.41) is 7.71. The first-order chi connectivity index (χ1) is 8.09. The lowest BCUT2D eigenvalue weighted by Crippen LogP contribution is -2.18. The Kier molecular flexibility index (Phi) is 6.22. The molecule has 1 aromatic rings. The van der Waals surface area contributed by atoms with E-state index in [1.54, 1.807) is 0 Å². The van der Waals surface area contributed by atoms with E-state index in [4.69, 9.17) is 4.74 Å². The second-order valence-corrected chi connectivity index (χ2v) is 4.90. The molecular formula is C13H25N3O. The number of ether oxygens (including phenoxy) is 1. The van der Waals surface area contributed by atoms with E-state index in [0.717, 1.165) is 38.4 Å². The second kappa shape index (κ2) is 7.45. The average Bonchev–Trinajstić information content (AvgIpc) is 2.55. The molecule has 0 atom stereocenters. The van der Waals surface area contributed by atoms with Gasteiger partial charge in [-0.1, -0.05) is 13.8 Å². The molecule has 0 radical (unpaired) electrons. The van der Waals surface area contributed by atoms with Gasteiger partial charge >= 0.3 is 0 Å². The summed E-state index contributed by atoms with van der Waals surface area (Å²) >= 11 is 0. The zero-order valence-electron chi connectivity index (χ0n) is 11.5. The van der Waals surface area contributed by atoms with Crippen molar-refractivity contribution in [3.05, 3.63) is 17.5 Å². The Labute approximate surface area is 104 Å². The first kappa shape index (κ1) is 14.2. The molecule has 1 heterocycles. The third kappa shape index (κ3) is 5.84. The molecule has 1 rings (SSSR count). The van der Waals surface area contributed by atoms with Crippen LogP contribution in [-0.4, -0.2) is 29.5 Å². The fourth-order valence-electron chi connectivity index (χ4n) is 1.66. The monoisotopic (exact) mass is 239 g/mol. The normalized spacial score (nSPS) is 11.4. The van der Waals surface area contributed by atoms with Crippen LogP contribution < -0.4 is 5.32 Å². The van der Waals surface area contributed by atoms with E-state index >= 15 is 0 Å². The molecule has 0 fully saturated rings. The van der Waals surface area contributed by atoms with Gasteiger partial charge in [-0.05, 0) is 31.9 Å². The maximum Gasteiger partial charge on any atom is 0.0597 e. The van der Waals surface area contributed by atoms with E-state index in [2.05, 4.69) is 30.3 Å². The fraction of sp³-hybridized carbons (Fsp3) is 0.769. The average molecular weight is 239 g/mol. The first-order valence-corrected chi connectivity index (χ1v) is 6.37. The van der Waals surface area contributed by atoms with Crippen LogP contribution in [0.2, 0.25) is 0 Å². The fourth-order valence-corrected chi connectivity index (χ4v) is 1.66. The van der Waals surface area contributed by atoms with Crippen LogP contribution >= 0.6 is 0 Å². The summed E-state index contributed by atoms with van der Waals surface area (Å²) in [4.78, 5) is 0. The van der Waals surface area contributed by atoms with Gasteiger partial charge in [-0.2, -0.15) is 5.10 Å². The van der Waals surface area contributed by atoms with Crippen molar-refractivity contribution in [2.75, 3.05) is 19.8 Å². The van der Waals surface area contributed by atoms with Gasteiger partial charge < -0.3 is 10.1 Å². The van der Waals surface area contributed by atoms with Gasteiger partial charge in [0.2, 0.25) is 0 Å². The van der Waals surface area contributed by atoms with Gasteiger partial charge in [-0.15, -0.1) is 0 Å². The van der Waals surface area contributed by atoms with Crippen LogP contribution in [0.5, 0.6) is 0 Å². The van der Waals surface area contributed by atoms with E-state index in [0.29, 0.717) is 5.92 Å². The number of nitrogens with zero attached hydrogens (tertiary/aromatic N) is 2. The lowest BCUT2D eigenvalue weighted by molar-refractivity contribution is 0.108. The minimum Gasteiger partial charge on any atom is -0.381 e. The molecule has 17 heavy (non-hydrogen) atoms. The lowest BCUT2D eigenvalue weighted by atomic mass is 10.2. The van der Waals surface area contributed by atoms with Gasteiger partial charge in [0.1, 0.15) is 0 Å². The third-order valence-corrected chi connectivity index (χ3v) is 2.50. The zero-order valence-corrected chi connectivity index (χ0v) is 11.5. The molecule has 1 N–H and O–H groups in total. The number of aryl methyl sites for hydroxylation is 2. The van der Waals surface area contributed by atoms with E-state index in [-0.39, 0.29) is 0 Å². The highest BCUT2D eigenvalue weighted by molar-refractivity contribution is 5.08. The number of aromatic nitrogens is 2. The lowest BCUT2D eigenvalue weighted by Gasteiger charge is -2.07. The molecule has 0 saturated carbocycles. The van der Waals surface area contributed by atoms with Gasteiger partial charge in [-0.3, -0.25) is 4.68 Å². The Morgan fingerprint density at radius 3 is 2.82 bits per heavy atom. The van der Waals surface area contributed by atoms with Gasteiger partial charge in [0.15, 0.2) is 0 Å². The minimum atomic E-state index is 0.625. The predicted octanol–water partition coefficient (Wildman–Crippen LogP) is 1.88. The first-order valence-electron chi connectivity index (χ1n) is 6.37. The molecular weight excluding hydrogens is 214 g/mol. The summed E-state index contributed by atoms with van der Waals surface area (Å²) in [5.41, 5.74) is 2.30. The Bertz CT molecular complexity index is 320. The maximum atomic E-state index is 5.52. The van der Waals surface area contributed by atoms with Crippen molar-refractivity contribution in [1.29, 1.82) is 0 Å². The minimum absolute atomic E-state index is 0.625. The quantitative estimate of drug-likeness (QED) is 0.704. The van der Waals surface area contributed by atoms with E-state index < -0.39 is 0 Å². The van der Waals surface area contributed by atoms with E-state index in [1.807, 2.05) is 18.7 Å². The van der Waals surface area contributed by atoms with Gasteiger partial charge in [0, 0.05) is 26.8 Å². The Balaban J connectivity index is 2.03. The van der Waals surface area contributed by atoms with Gasteiger partial charge in [0.05, 0.1) is 11.4 Å². The molecule has 0 aliphatic rings. The van der Waals surface area contributed by atoms with Crippen molar-refractivity contribution in [3.8, 4) is 0 Å². The van der Waals surface area contributed by atoms with Gasteiger partial charge in [-0.25, -0.2) is 0 Å². The molecule has 0 unspecified atom stereocenters. The number of hydrogen-bond acceptors (Lipinski definition) is 3. The van der Waals surface area contributed by atoms with Crippen molar-refractivity contribution >= 4 is 0 Å². The summed E-state index contributed by atoms with van der Waals surface area (Å²) in [5.74, 6) is 0.625. The molecule has 4 nitrogen and oxygen atoms in total. The third-order valence-electron chi connectivity index (χ3n) is 2.50. The SMILES string of the molecule is Cc1cc(CNCCCOCC(C)C)n(C)n1. The number of nitrogens with one attached hydrogen (secondary N) is 1. The van der Waals surface area contributed by atoms with Crippen molar-refractivity contribution in [1.82, 2.24) is 15.1 Å². The Morgan fingerprint density at radius 1 is 1.47 bits per heavy atom. The van der Waals surface area contributed by atoms with Crippen LogP contribution in [0, 0.1) is 12.8 Å². The molecule has 0 amide bonds. The van der Waals surface area contributed by atoms with E-state index in [1.165, 1.54) is 5.69 Å². The smallest absolute Gasteiger partial charge is 0.0597 e. The summed E-state index contributed by atoms with van der Waals surface area (Å²) < 4.78 is 7.45. The van der Waals surface area contributed by atoms with Crippen molar-refractivity contribution in [2.45, 2.75) is 33.7 Å². The Hall–Kier alpha value is -0.870. The molecule has 98 valence electrons. The van der Waals surface area contributed by atoms with Crippen molar-refractivity contribution < 1.29 is 4.74 Å². The zero-order chi connectivity index (χ0) is 12.7. The van der Waals surface area contributed by atoms with Crippen LogP contribution in [0.4, 0.5) is 0 Å². The van der Waals surface area contributed by atoms with Crippen LogP contribution in [0.1, 0.15) is 31.7 Å². The van der Waals surface area contributed by atoms with Crippen LogP contribution in [0.15, 0.2) is 6.07 Å². The number of rotatable bonds is 8. The standard InChI is InChI=1S/C13H25N3O/c1-11(2)10-17-7-5-6-14-9-13-8-12(3)15-16(13)4/h8,11,14H,5-7,9-10H2,1-4H3. The molecule has 4 heteroatoms. The maximum absolute atomic E-state index is 5.52. The summed E-state index contributed by atoms with van der Waals surface area (Å²) in [7, 11) is 1.98. The largest absolute Gasteiger partial charge is 0.381 e. The molecule has 0 aliphatic carbocycles. The topological polar surface area (TPSA) is 39.1 Å². The van der Waals surface area contributed by atoms with E-state index in [9.17, 15) is 0 Å². The van der Waals surface area contributed by atoms with Crippen molar-refractivity contribution in [2.24, 2.45) is 13.0 Å². The molecule has 1 aromatic heterocycles. The second-order valence-electron chi connectivity index (χ2n) is 4.90. The predicted molar refractivity (Wildman–Crippen MR) is 69.9 cm³/mol. The number of hydrogen-bond donors (Lipinski definition) is 1. The summed E-state index contributed by atoms with van der Waals surface area (Å²) in [6, 6.07) is 2.11. The highest BCUT2D eigenvalue weighted by Crippen LogP contribution is 2.00. The highest BCUT2D eigenvalue weighted by Gasteiger charge is 2.00. The molecule has 0 bridgehead atoms. The molecule has 0 aliphatic heterocycles. The summed E-state index contributed by atoms with van der Waals surface area (Å²) in [6.07, 6.45) is 1.06. The molecule has 0 saturated heterocycles. The van der Waals surface area contributed by atoms with Gasteiger partial charge in [0.25, 0.3) is 0 Å². The Morgan fingerprint density at radius 2 is 2.24 bits per heavy atom. The highest BCUT2D eigenvalue weighted by atomic mass is 16.5. The van der Waals surface area contributed by atoms with Crippen LogP contribution in [0.25, 0.3) is 0 Å². The summed E-state index contributed by atoms with van der Waals surface area (Å²) in [6.45, 7) is 9.93.